The Morgan fingerprint density at radius 2 is 1.97 bits per heavy atom. The summed E-state index contributed by atoms with van der Waals surface area (Å²) in [5, 5.41) is 5.80. The lowest BCUT2D eigenvalue weighted by molar-refractivity contribution is -0.150. The van der Waals surface area contributed by atoms with Crippen LogP contribution in [0.3, 0.4) is 0 Å². The van der Waals surface area contributed by atoms with Crippen LogP contribution >= 0.6 is 0 Å². The molecule has 1 heterocycles. The van der Waals surface area contributed by atoms with Crippen molar-refractivity contribution < 1.29 is 19.1 Å². The van der Waals surface area contributed by atoms with Gasteiger partial charge in [-0.2, -0.15) is 0 Å². The Kier molecular flexibility index (Phi) is 9.41. The maximum atomic E-state index is 12.8. The summed E-state index contributed by atoms with van der Waals surface area (Å²) in [7, 11) is 0. The van der Waals surface area contributed by atoms with Gasteiger partial charge in [0.2, 0.25) is 11.8 Å². The molecule has 1 aliphatic rings. The summed E-state index contributed by atoms with van der Waals surface area (Å²) in [5.74, 6) is -0.329. The van der Waals surface area contributed by atoms with Gasteiger partial charge < -0.3 is 15.4 Å². The second-order valence-electron chi connectivity index (χ2n) is 7.81. The first kappa shape index (κ1) is 22.7. The lowest BCUT2D eigenvalue weighted by Gasteiger charge is -2.22. The molecular weight excluding hydrogens is 368 g/mol. The van der Waals surface area contributed by atoms with Crippen LogP contribution in [0.5, 0.6) is 0 Å². The third-order valence-corrected chi connectivity index (χ3v) is 4.81. The molecule has 0 bridgehead atoms. The van der Waals surface area contributed by atoms with E-state index in [4.69, 9.17) is 4.74 Å². The number of amides is 2. The monoisotopic (exact) mass is 400 g/mol. The molecule has 158 valence electrons. The smallest absolute Gasteiger partial charge is 0.306 e. The van der Waals surface area contributed by atoms with Gasteiger partial charge in [-0.05, 0) is 30.7 Å². The highest BCUT2D eigenvalue weighted by molar-refractivity contribution is 5.81. The molecule has 6 nitrogen and oxygen atoms in total. The van der Waals surface area contributed by atoms with Crippen LogP contribution in [-0.4, -0.2) is 30.9 Å². The number of cyclic esters (lactones) is 1. The van der Waals surface area contributed by atoms with Gasteiger partial charge in [-0.25, -0.2) is 0 Å². The molecule has 0 spiro atoms. The quantitative estimate of drug-likeness (QED) is 0.567. The van der Waals surface area contributed by atoms with Gasteiger partial charge in [0, 0.05) is 25.3 Å². The maximum Gasteiger partial charge on any atom is 0.306 e. The van der Waals surface area contributed by atoms with Crippen LogP contribution in [0.4, 0.5) is 0 Å². The van der Waals surface area contributed by atoms with E-state index >= 15 is 0 Å². The first-order chi connectivity index (χ1) is 14.0. The molecule has 0 saturated carbocycles. The predicted octanol–water partition coefficient (Wildman–Crippen LogP) is 3.30. The van der Waals surface area contributed by atoms with Crippen molar-refractivity contribution in [1.29, 1.82) is 0 Å². The summed E-state index contributed by atoms with van der Waals surface area (Å²) in [6, 6.07) is 9.41. The second-order valence-corrected chi connectivity index (χ2v) is 7.81. The van der Waals surface area contributed by atoms with E-state index in [1.165, 1.54) is 0 Å². The average molecular weight is 401 g/mol. The zero-order valence-corrected chi connectivity index (χ0v) is 17.4. The zero-order chi connectivity index (χ0) is 21.1. The largest absolute Gasteiger partial charge is 0.456 e. The number of carbonyl (C=O) groups is 3. The molecule has 0 unspecified atom stereocenters. The minimum Gasteiger partial charge on any atom is -0.456 e. The molecule has 1 aromatic rings. The van der Waals surface area contributed by atoms with Crippen molar-refractivity contribution in [2.24, 2.45) is 11.8 Å². The van der Waals surface area contributed by atoms with Crippen LogP contribution in [-0.2, 0) is 19.1 Å². The number of allylic oxidation sites excluding steroid dienone is 2. The van der Waals surface area contributed by atoms with Crippen LogP contribution in [0, 0.1) is 11.8 Å². The van der Waals surface area contributed by atoms with Gasteiger partial charge in [0.1, 0.15) is 6.10 Å². The maximum absolute atomic E-state index is 12.8. The van der Waals surface area contributed by atoms with Crippen LogP contribution in [0.2, 0.25) is 0 Å². The summed E-state index contributed by atoms with van der Waals surface area (Å²) >= 11 is 0. The number of esters is 1. The summed E-state index contributed by atoms with van der Waals surface area (Å²) in [4.78, 5) is 36.9. The van der Waals surface area contributed by atoms with Gasteiger partial charge in [-0.15, -0.1) is 0 Å². The lowest BCUT2D eigenvalue weighted by atomic mass is 9.97. The normalized spacial score (nSPS) is 22.0. The Morgan fingerprint density at radius 3 is 2.69 bits per heavy atom. The Labute approximate surface area is 173 Å². The molecule has 0 saturated heterocycles. The first-order valence-electron chi connectivity index (χ1n) is 10.4. The van der Waals surface area contributed by atoms with Crippen molar-refractivity contribution in [3.8, 4) is 0 Å². The SMILES string of the molecule is CC(C)CNC(=O)CC[C@@H]1C/C=C/CCC(=O)O[C@H](c2ccccc2)CNC1=O. The van der Waals surface area contributed by atoms with Gasteiger partial charge in [-0.1, -0.05) is 56.3 Å². The number of ether oxygens (including phenoxy) is 1. The van der Waals surface area contributed by atoms with Gasteiger partial charge in [0.15, 0.2) is 0 Å². The van der Waals surface area contributed by atoms with Crippen molar-refractivity contribution in [2.45, 2.75) is 52.1 Å². The van der Waals surface area contributed by atoms with Crippen molar-refractivity contribution in [2.75, 3.05) is 13.1 Å². The molecule has 2 amide bonds. The number of rotatable bonds is 6. The second kappa shape index (κ2) is 12.0. The van der Waals surface area contributed by atoms with Gasteiger partial charge >= 0.3 is 5.97 Å². The highest BCUT2D eigenvalue weighted by Crippen LogP contribution is 2.20. The van der Waals surface area contributed by atoms with E-state index < -0.39 is 6.10 Å². The summed E-state index contributed by atoms with van der Waals surface area (Å²) in [6.45, 7) is 4.94. The van der Waals surface area contributed by atoms with E-state index in [-0.39, 0.29) is 30.2 Å². The summed E-state index contributed by atoms with van der Waals surface area (Å²) < 4.78 is 5.59. The summed E-state index contributed by atoms with van der Waals surface area (Å²) in [5.41, 5.74) is 0.846. The lowest BCUT2D eigenvalue weighted by Crippen LogP contribution is -2.36. The number of hydrogen-bond donors (Lipinski definition) is 2. The molecule has 1 aliphatic heterocycles. The molecule has 0 aromatic heterocycles. The molecule has 0 aliphatic carbocycles. The van der Waals surface area contributed by atoms with Crippen molar-refractivity contribution in [3.63, 3.8) is 0 Å². The Morgan fingerprint density at radius 1 is 1.21 bits per heavy atom. The van der Waals surface area contributed by atoms with Crippen molar-refractivity contribution in [1.82, 2.24) is 10.6 Å². The molecule has 2 rings (SSSR count). The van der Waals surface area contributed by atoms with Crippen LogP contribution in [0.15, 0.2) is 42.5 Å². The zero-order valence-electron chi connectivity index (χ0n) is 17.4. The minimum absolute atomic E-state index is 0.0299. The van der Waals surface area contributed by atoms with Gasteiger partial charge in [0.05, 0.1) is 6.54 Å². The third kappa shape index (κ3) is 8.50. The van der Waals surface area contributed by atoms with Crippen molar-refractivity contribution in [3.05, 3.63) is 48.0 Å². The third-order valence-electron chi connectivity index (χ3n) is 4.81. The average Bonchev–Trinajstić information content (AvgIpc) is 2.71. The molecule has 2 N–H and O–H groups in total. The highest BCUT2D eigenvalue weighted by atomic mass is 16.5. The van der Waals surface area contributed by atoms with Crippen LogP contribution < -0.4 is 10.6 Å². The predicted molar refractivity (Wildman–Crippen MR) is 112 cm³/mol. The molecule has 6 heteroatoms. The summed E-state index contributed by atoms with van der Waals surface area (Å²) in [6.07, 6.45) is 5.52. The van der Waals surface area contributed by atoms with E-state index in [2.05, 4.69) is 10.6 Å². The van der Waals surface area contributed by atoms with E-state index in [9.17, 15) is 14.4 Å². The fourth-order valence-electron chi connectivity index (χ4n) is 3.10. The van der Waals surface area contributed by atoms with Crippen molar-refractivity contribution >= 4 is 17.8 Å². The van der Waals surface area contributed by atoms with E-state index in [0.29, 0.717) is 44.6 Å². The Bertz CT molecular complexity index is 700. The Balaban J connectivity index is 2.01. The van der Waals surface area contributed by atoms with Crippen LogP contribution in [0.1, 0.15) is 57.6 Å². The fourth-order valence-corrected chi connectivity index (χ4v) is 3.10. The number of carbonyl (C=O) groups excluding carboxylic acids is 3. The van der Waals surface area contributed by atoms with Crippen LogP contribution in [0.25, 0.3) is 0 Å². The minimum atomic E-state index is -0.522. The fraction of sp³-hybridized carbons (Fsp3) is 0.522. The number of benzene rings is 1. The van der Waals surface area contributed by atoms with E-state index in [0.717, 1.165) is 5.56 Å². The molecule has 29 heavy (non-hydrogen) atoms. The van der Waals surface area contributed by atoms with Gasteiger partial charge in [-0.3, -0.25) is 14.4 Å². The first-order valence-corrected chi connectivity index (χ1v) is 10.4. The molecule has 2 atom stereocenters. The topological polar surface area (TPSA) is 84.5 Å². The number of nitrogens with one attached hydrogen (secondary N) is 2. The highest BCUT2D eigenvalue weighted by Gasteiger charge is 2.22. The molecule has 1 aromatic carbocycles. The molecular formula is C23H32N2O4. The standard InChI is InChI=1S/C23H32N2O4/c1-17(2)15-24-21(26)14-13-19-11-7-4-8-12-22(27)29-20(16-25-23(19)28)18-9-5-3-6-10-18/h3-7,9-10,17,19-20H,8,11-16H2,1-2H3,(H,24,26)(H,25,28)/b7-4+/t19-,20-/m0/s1. The molecule has 0 fully saturated rings. The molecule has 0 radical (unpaired) electrons. The van der Waals surface area contributed by atoms with E-state index in [1.807, 2.05) is 56.3 Å². The van der Waals surface area contributed by atoms with Gasteiger partial charge in [0.25, 0.3) is 0 Å². The Hall–Kier alpha value is -2.63. The number of hydrogen-bond acceptors (Lipinski definition) is 4. The van der Waals surface area contributed by atoms with E-state index in [1.54, 1.807) is 0 Å².